The van der Waals surface area contributed by atoms with E-state index in [9.17, 15) is 4.79 Å². The topological polar surface area (TPSA) is 58.9 Å². The number of halogens is 2. The molecule has 0 aliphatic carbocycles. The average molecular weight is 337 g/mol. The van der Waals surface area contributed by atoms with Crippen LogP contribution in [0, 0.1) is 0 Å². The normalized spacial score (nSPS) is 12.7. The predicted molar refractivity (Wildman–Crippen MR) is 63.2 cm³/mol. The van der Waals surface area contributed by atoms with Gasteiger partial charge in [-0.15, -0.1) is 0 Å². The van der Waals surface area contributed by atoms with Crippen molar-refractivity contribution in [1.29, 1.82) is 0 Å². The second kappa shape index (κ2) is 5.87. The van der Waals surface area contributed by atoms with E-state index >= 15 is 0 Å². The number of benzene rings is 1. The molecular weight excluding hydrogens is 330 g/mol. The van der Waals surface area contributed by atoms with Gasteiger partial charge >= 0.3 is 5.97 Å². The van der Waals surface area contributed by atoms with Crippen molar-refractivity contribution in [2.75, 3.05) is 0 Å². The lowest BCUT2D eigenvalue weighted by molar-refractivity contribution is -0.144. The molecule has 0 saturated carbocycles. The van der Waals surface area contributed by atoms with E-state index in [1.807, 2.05) is 24.3 Å². The summed E-state index contributed by atoms with van der Waals surface area (Å²) < 4.78 is 0.860. The number of oxime groups is 1. The Kier molecular flexibility index (Phi) is 4.77. The first-order chi connectivity index (χ1) is 7.11. The molecule has 1 atom stereocenters. The van der Waals surface area contributed by atoms with Crippen LogP contribution in [0.3, 0.4) is 0 Å². The van der Waals surface area contributed by atoms with Crippen LogP contribution < -0.4 is 0 Å². The fraction of sp³-hybridized carbons (Fsp3) is 0.111. The van der Waals surface area contributed by atoms with Crippen molar-refractivity contribution in [3.05, 3.63) is 34.3 Å². The molecule has 1 unspecified atom stereocenters. The molecular formula is C9H7Br2NO3. The number of hydrogen-bond acceptors (Lipinski definition) is 3. The quantitative estimate of drug-likeness (QED) is 0.522. The number of hydrogen-bond donors (Lipinski definition) is 1. The molecule has 0 bridgehead atoms. The second-order valence-corrected chi connectivity index (χ2v) is 4.20. The average Bonchev–Trinajstić information content (AvgIpc) is 2.20. The molecule has 0 radical (unpaired) electrons. The zero-order valence-corrected chi connectivity index (χ0v) is 10.6. The third-order valence-corrected chi connectivity index (χ3v) is 2.73. The van der Waals surface area contributed by atoms with Gasteiger partial charge < -0.3 is 9.94 Å². The van der Waals surface area contributed by atoms with E-state index in [0.29, 0.717) is 0 Å². The molecule has 15 heavy (non-hydrogen) atoms. The van der Waals surface area contributed by atoms with Crippen LogP contribution in [0.2, 0.25) is 0 Å². The third-order valence-electron chi connectivity index (χ3n) is 1.44. The molecule has 1 rings (SSSR count). The van der Waals surface area contributed by atoms with E-state index in [2.05, 4.69) is 41.9 Å². The van der Waals surface area contributed by atoms with Crippen LogP contribution in [0.25, 0.3) is 0 Å². The van der Waals surface area contributed by atoms with Gasteiger partial charge in [-0.05, 0) is 22.0 Å². The van der Waals surface area contributed by atoms with Gasteiger partial charge in [0.25, 0.3) is 5.01 Å². The van der Waals surface area contributed by atoms with Crippen molar-refractivity contribution in [3.63, 3.8) is 0 Å². The molecule has 1 N–H and O–H groups in total. The summed E-state index contributed by atoms with van der Waals surface area (Å²) in [6, 6.07) is 7.38. The summed E-state index contributed by atoms with van der Waals surface area (Å²) in [6.07, 6.45) is 1.43. The Morgan fingerprint density at radius 2 is 2.20 bits per heavy atom. The minimum Gasteiger partial charge on any atom is -0.478 e. The largest absolute Gasteiger partial charge is 0.478 e. The van der Waals surface area contributed by atoms with Crippen LogP contribution >= 0.6 is 31.9 Å². The summed E-state index contributed by atoms with van der Waals surface area (Å²) in [5.41, 5.74) is 0.808. The maximum atomic E-state index is 10.4. The highest BCUT2D eigenvalue weighted by Gasteiger charge is 2.12. The number of carbonyl (C=O) groups is 1. The Bertz CT molecular complexity index is 381. The first-order valence-corrected chi connectivity index (χ1v) is 5.62. The molecule has 0 saturated heterocycles. The number of nitrogens with zero attached hydrogens (tertiary/aromatic N) is 1. The molecule has 0 heterocycles. The maximum Gasteiger partial charge on any atom is 0.359 e. The van der Waals surface area contributed by atoms with Gasteiger partial charge in [-0.2, -0.15) is 0 Å². The Morgan fingerprint density at radius 3 is 2.80 bits per heavy atom. The van der Waals surface area contributed by atoms with E-state index in [0.717, 1.165) is 10.0 Å². The first-order valence-electron chi connectivity index (χ1n) is 3.92. The van der Waals surface area contributed by atoms with E-state index < -0.39 is 11.0 Å². The Labute approximate surface area is 103 Å². The van der Waals surface area contributed by atoms with Crippen molar-refractivity contribution in [2.45, 2.75) is 5.01 Å². The molecule has 0 aliphatic heterocycles. The number of aliphatic carboxylic acids is 1. The second-order valence-electron chi connectivity index (χ2n) is 2.52. The van der Waals surface area contributed by atoms with Gasteiger partial charge in [-0.3, -0.25) is 0 Å². The van der Waals surface area contributed by atoms with E-state index in [4.69, 9.17) is 5.11 Å². The van der Waals surface area contributed by atoms with Crippen molar-refractivity contribution >= 4 is 44.0 Å². The summed E-state index contributed by atoms with van der Waals surface area (Å²) in [4.78, 5) is 15.0. The highest BCUT2D eigenvalue weighted by atomic mass is 79.9. The fourth-order valence-electron chi connectivity index (χ4n) is 0.766. The van der Waals surface area contributed by atoms with Gasteiger partial charge in [0.1, 0.15) is 0 Å². The van der Waals surface area contributed by atoms with Crippen LogP contribution in [0.15, 0.2) is 33.9 Å². The summed E-state index contributed by atoms with van der Waals surface area (Å²) in [5, 5.41) is 10.9. The van der Waals surface area contributed by atoms with Gasteiger partial charge in [0.15, 0.2) is 0 Å². The molecule has 0 spiro atoms. The molecule has 1 aromatic rings. The number of carboxylic acid groups (broad SMARTS) is 1. The van der Waals surface area contributed by atoms with Gasteiger partial charge in [-0.25, -0.2) is 4.79 Å². The monoisotopic (exact) mass is 335 g/mol. The maximum absolute atomic E-state index is 10.4. The Hall–Kier alpha value is -0.880. The first kappa shape index (κ1) is 12.2. The summed E-state index contributed by atoms with van der Waals surface area (Å²) >= 11 is 6.10. The van der Waals surface area contributed by atoms with E-state index in [1.165, 1.54) is 6.21 Å². The molecule has 1 aromatic carbocycles. The highest BCUT2D eigenvalue weighted by molar-refractivity contribution is 9.10. The van der Waals surface area contributed by atoms with Crippen LogP contribution in [0.1, 0.15) is 5.56 Å². The van der Waals surface area contributed by atoms with Gasteiger partial charge in [0, 0.05) is 10.0 Å². The fourth-order valence-corrected chi connectivity index (χ4v) is 1.25. The van der Waals surface area contributed by atoms with Gasteiger partial charge in [-0.1, -0.05) is 39.3 Å². The molecule has 6 heteroatoms. The minimum atomic E-state index is -1.13. The molecule has 4 nitrogen and oxygen atoms in total. The molecule has 0 aromatic heterocycles. The zero-order valence-electron chi connectivity index (χ0n) is 7.43. The van der Waals surface area contributed by atoms with Crippen molar-refractivity contribution < 1.29 is 14.7 Å². The smallest absolute Gasteiger partial charge is 0.359 e. The molecule has 80 valence electrons. The number of rotatable bonds is 4. The standard InChI is InChI=1S/C9H7Br2NO3/c10-7-4-2-1-3-6(7)5-12-15-8(11)9(13)14/h1-5,8H,(H,13,14). The summed E-state index contributed by atoms with van der Waals surface area (Å²) in [6.45, 7) is 0. The predicted octanol–water partition coefficient (Wildman–Crippen LogP) is 2.61. The van der Waals surface area contributed by atoms with Gasteiger partial charge in [0.05, 0.1) is 6.21 Å². The SMILES string of the molecule is O=C(O)C(Br)ON=Cc1ccccc1Br. The molecule has 0 aliphatic rings. The van der Waals surface area contributed by atoms with E-state index in [-0.39, 0.29) is 0 Å². The molecule has 0 amide bonds. The lowest BCUT2D eigenvalue weighted by Crippen LogP contribution is -2.13. The van der Waals surface area contributed by atoms with Gasteiger partial charge in [0.2, 0.25) is 0 Å². The third kappa shape index (κ3) is 4.01. The highest BCUT2D eigenvalue weighted by Crippen LogP contribution is 2.13. The summed E-state index contributed by atoms with van der Waals surface area (Å²) in [7, 11) is 0. The Balaban J connectivity index is 2.59. The number of alkyl halides is 1. The van der Waals surface area contributed by atoms with Crippen LogP contribution in [0.4, 0.5) is 0 Å². The lowest BCUT2D eigenvalue weighted by Gasteiger charge is -2.01. The summed E-state index contributed by atoms with van der Waals surface area (Å²) in [5.74, 6) is -1.13. The van der Waals surface area contributed by atoms with Crippen LogP contribution in [-0.2, 0) is 9.63 Å². The van der Waals surface area contributed by atoms with Crippen LogP contribution in [-0.4, -0.2) is 22.3 Å². The van der Waals surface area contributed by atoms with Crippen molar-refractivity contribution in [1.82, 2.24) is 0 Å². The Morgan fingerprint density at radius 1 is 1.53 bits per heavy atom. The lowest BCUT2D eigenvalue weighted by atomic mass is 10.2. The zero-order chi connectivity index (χ0) is 11.3. The van der Waals surface area contributed by atoms with Crippen LogP contribution in [0.5, 0.6) is 0 Å². The number of carboxylic acids is 1. The molecule has 0 fully saturated rings. The van der Waals surface area contributed by atoms with Crippen molar-refractivity contribution in [3.8, 4) is 0 Å². The minimum absolute atomic E-state index is 0.808. The van der Waals surface area contributed by atoms with Crippen molar-refractivity contribution in [2.24, 2.45) is 5.16 Å². The van der Waals surface area contributed by atoms with E-state index in [1.54, 1.807) is 0 Å².